The molecule has 0 N–H and O–H groups in total. The van der Waals surface area contributed by atoms with Crippen molar-refractivity contribution in [3.63, 3.8) is 0 Å². The predicted octanol–water partition coefficient (Wildman–Crippen LogP) is 3.94. The first kappa shape index (κ1) is 12.7. The van der Waals surface area contributed by atoms with Crippen LogP contribution in [0.2, 0.25) is 0 Å². The zero-order valence-electron chi connectivity index (χ0n) is 11.8. The van der Waals surface area contributed by atoms with Crippen LogP contribution in [-0.2, 0) is 13.2 Å². The number of aromatic nitrogens is 2. The van der Waals surface area contributed by atoms with Gasteiger partial charge in [-0.25, -0.2) is 0 Å². The van der Waals surface area contributed by atoms with E-state index in [4.69, 9.17) is 4.74 Å². The second-order valence-corrected chi connectivity index (χ2v) is 4.86. The largest absolute Gasteiger partial charge is 0.487 e. The van der Waals surface area contributed by atoms with Gasteiger partial charge in [-0.2, -0.15) is 5.10 Å². The Kier molecular flexibility index (Phi) is 3.42. The summed E-state index contributed by atoms with van der Waals surface area (Å²) in [4.78, 5) is 0. The van der Waals surface area contributed by atoms with Crippen molar-refractivity contribution in [3.8, 4) is 5.75 Å². The molecule has 0 saturated carbocycles. The predicted molar refractivity (Wildman–Crippen MR) is 80.9 cm³/mol. The van der Waals surface area contributed by atoms with Crippen molar-refractivity contribution in [2.45, 2.75) is 27.0 Å². The molecule has 0 aliphatic heterocycles. The van der Waals surface area contributed by atoms with E-state index in [1.54, 1.807) is 0 Å². The third-order valence-electron chi connectivity index (χ3n) is 3.41. The minimum absolute atomic E-state index is 0.544. The van der Waals surface area contributed by atoms with Crippen LogP contribution in [0.4, 0.5) is 0 Å². The van der Waals surface area contributed by atoms with Crippen LogP contribution >= 0.6 is 0 Å². The molecule has 0 aliphatic rings. The number of hydrogen-bond acceptors (Lipinski definition) is 2. The first-order chi connectivity index (χ1) is 9.78. The maximum Gasteiger partial charge on any atom is 0.130 e. The highest BCUT2D eigenvalue weighted by atomic mass is 16.5. The summed E-state index contributed by atoms with van der Waals surface area (Å²) in [5.41, 5.74) is 2.14. The molecule has 0 fully saturated rings. The molecule has 2 aromatic carbocycles. The van der Waals surface area contributed by atoms with Crippen molar-refractivity contribution in [1.82, 2.24) is 9.78 Å². The second kappa shape index (κ2) is 5.37. The molecule has 20 heavy (non-hydrogen) atoms. The lowest BCUT2D eigenvalue weighted by molar-refractivity contribution is 0.296. The number of rotatable bonds is 4. The van der Waals surface area contributed by atoms with Crippen LogP contribution in [0.25, 0.3) is 10.8 Å². The zero-order chi connectivity index (χ0) is 13.9. The number of aryl methyl sites for hydroxylation is 2. The van der Waals surface area contributed by atoms with Gasteiger partial charge < -0.3 is 4.74 Å². The summed E-state index contributed by atoms with van der Waals surface area (Å²) in [6.07, 6.45) is 0. The molecule has 3 rings (SSSR count). The van der Waals surface area contributed by atoms with E-state index in [0.29, 0.717) is 6.61 Å². The minimum atomic E-state index is 0.544. The van der Waals surface area contributed by atoms with Crippen molar-refractivity contribution in [2.75, 3.05) is 0 Å². The molecule has 1 aromatic heterocycles. The first-order valence-corrected chi connectivity index (χ1v) is 6.92. The van der Waals surface area contributed by atoms with Crippen molar-refractivity contribution in [3.05, 3.63) is 59.9 Å². The van der Waals surface area contributed by atoms with Crippen molar-refractivity contribution >= 4 is 10.8 Å². The van der Waals surface area contributed by atoms with E-state index in [1.807, 2.05) is 35.9 Å². The van der Waals surface area contributed by atoms with Gasteiger partial charge in [0.25, 0.3) is 0 Å². The average Bonchev–Trinajstić information content (AvgIpc) is 2.85. The van der Waals surface area contributed by atoms with Gasteiger partial charge in [-0.15, -0.1) is 0 Å². The van der Waals surface area contributed by atoms with Crippen LogP contribution in [-0.4, -0.2) is 9.78 Å². The van der Waals surface area contributed by atoms with Crippen LogP contribution in [0.15, 0.2) is 48.5 Å². The molecule has 1 heterocycles. The normalized spacial score (nSPS) is 10.9. The summed E-state index contributed by atoms with van der Waals surface area (Å²) in [5, 5.41) is 6.79. The van der Waals surface area contributed by atoms with Gasteiger partial charge in [0.1, 0.15) is 12.4 Å². The number of fused-ring (bicyclic) bond motifs is 1. The molecular weight excluding hydrogens is 248 g/mol. The highest BCUT2D eigenvalue weighted by Crippen LogP contribution is 2.25. The van der Waals surface area contributed by atoms with E-state index in [0.717, 1.165) is 29.1 Å². The molecule has 0 spiro atoms. The third-order valence-corrected chi connectivity index (χ3v) is 3.41. The number of nitrogens with zero attached hydrogens (tertiary/aromatic N) is 2. The van der Waals surface area contributed by atoms with E-state index in [2.05, 4.69) is 36.3 Å². The topological polar surface area (TPSA) is 27.1 Å². The molecule has 3 heteroatoms. The molecule has 3 nitrogen and oxygen atoms in total. The summed E-state index contributed by atoms with van der Waals surface area (Å²) in [6.45, 7) is 5.51. The smallest absolute Gasteiger partial charge is 0.130 e. The SMILES string of the molecule is CCn1nc(C)cc1COc1cccc2ccccc12. The van der Waals surface area contributed by atoms with Crippen LogP contribution in [0.1, 0.15) is 18.3 Å². The molecule has 0 aliphatic carbocycles. The molecular formula is C17H18N2O. The van der Waals surface area contributed by atoms with Gasteiger partial charge in [0, 0.05) is 11.9 Å². The highest BCUT2D eigenvalue weighted by Gasteiger charge is 2.06. The maximum atomic E-state index is 6.00. The van der Waals surface area contributed by atoms with E-state index in [9.17, 15) is 0 Å². The molecule has 0 unspecified atom stereocenters. The van der Waals surface area contributed by atoms with Gasteiger partial charge in [-0.05, 0) is 31.4 Å². The monoisotopic (exact) mass is 266 g/mol. The standard InChI is InChI=1S/C17H18N2O/c1-3-19-15(11-13(2)18-19)12-20-17-10-6-8-14-7-4-5-9-16(14)17/h4-11H,3,12H2,1-2H3. The lowest BCUT2D eigenvalue weighted by Crippen LogP contribution is -2.06. The lowest BCUT2D eigenvalue weighted by Gasteiger charge is -2.10. The van der Waals surface area contributed by atoms with Gasteiger partial charge in [0.15, 0.2) is 0 Å². The second-order valence-electron chi connectivity index (χ2n) is 4.86. The van der Waals surface area contributed by atoms with Crippen molar-refractivity contribution < 1.29 is 4.74 Å². The molecule has 0 amide bonds. The Balaban J connectivity index is 1.86. The number of benzene rings is 2. The minimum Gasteiger partial charge on any atom is -0.487 e. The molecule has 0 saturated heterocycles. The lowest BCUT2D eigenvalue weighted by atomic mass is 10.1. The summed E-state index contributed by atoms with van der Waals surface area (Å²) in [6, 6.07) is 16.5. The van der Waals surface area contributed by atoms with Crippen LogP contribution in [0.5, 0.6) is 5.75 Å². The van der Waals surface area contributed by atoms with Crippen LogP contribution in [0, 0.1) is 6.92 Å². The zero-order valence-corrected chi connectivity index (χ0v) is 11.8. The fourth-order valence-corrected chi connectivity index (χ4v) is 2.46. The van der Waals surface area contributed by atoms with Gasteiger partial charge >= 0.3 is 0 Å². The van der Waals surface area contributed by atoms with Crippen molar-refractivity contribution in [2.24, 2.45) is 0 Å². The summed E-state index contributed by atoms with van der Waals surface area (Å²) >= 11 is 0. The fourth-order valence-electron chi connectivity index (χ4n) is 2.46. The van der Waals surface area contributed by atoms with E-state index in [-0.39, 0.29) is 0 Å². The fraction of sp³-hybridized carbons (Fsp3) is 0.235. The highest BCUT2D eigenvalue weighted by molar-refractivity contribution is 5.88. The summed E-state index contributed by atoms with van der Waals surface area (Å²) in [7, 11) is 0. The third kappa shape index (κ3) is 2.39. The van der Waals surface area contributed by atoms with Crippen LogP contribution in [0.3, 0.4) is 0 Å². The number of hydrogen-bond donors (Lipinski definition) is 0. The van der Waals surface area contributed by atoms with E-state index < -0.39 is 0 Å². The molecule has 0 atom stereocenters. The average molecular weight is 266 g/mol. The Morgan fingerprint density at radius 3 is 2.75 bits per heavy atom. The molecule has 0 bridgehead atoms. The van der Waals surface area contributed by atoms with Gasteiger partial charge in [-0.3, -0.25) is 4.68 Å². The first-order valence-electron chi connectivity index (χ1n) is 6.92. The maximum absolute atomic E-state index is 6.00. The van der Waals surface area contributed by atoms with Gasteiger partial charge in [-0.1, -0.05) is 36.4 Å². The van der Waals surface area contributed by atoms with E-state index in [1.165, 1.54) is 5.39 Å². The van der Waals surface area contributed by atoms with Crippen molar-refractivity contribution in [1.29, 1.82) is 0 Å². The molecule has 102 valence electrons. The quantitative estimate of drug-likeness (QED) is 0.715. The summed E-state index contributed by atoms with van der Waals surface area (Å²) < 4.78 is 7.99. The Morgan fingerprint density at radius 1 is 1.10 bits per heavy atom. The Morgan fingerprint density at radius 2 is 1.90 bits per heavy atom. The Bertz CT molecular complexity index is 725. The molecule has 3 aromatic rings. The Labute approximate surface area is 118 Å². The Hall–Kier alpha value is -2.29. The molecule has 0 radical (unpaired) electrons. The van der Waals surface area contributed by atoms with Gasteiger partial charge in [0.2, 0.25) is 0 Å². The van der Waals surface area contributed by atoms with Gasteiger partial charge in [0.05, 0.1) is 11.4 Å². The number of ether oxygens (including phenoxy) is 1. The van der Waals surface area contributed by atoms with Crippen LogP contribution < -0.4 is 4.74 Å². The van der Waals surface area contributed by atoms with E-state index >= 15 is 0 Å². The summed E-state index contributed by atoms with van der Waals surface area (Å²) in [5.74, 6) is 0.921.